The van der Waals surface area contributed by atoms with E-state index in [-0.39, 0.29) is 23.7 Å². The molecule has 0 bridgehead atoms. The zero-order chi connectivity index (χ0) is 15.5. The van der Waals surface area contributed by atoms with Gasteiger partial charge in [-0.15, -0.1) is 0 Å². The molecule has 1 aromatic carbocycles. The Bertz CT molecular complexity index is 537. The maximum Gasteiger partial charge on any atom is 0.225 e. The number of anilines is 1. The number of piperidine rings is 1. The molecule has 4 nitrogen and oxygen atoms in total. The molecule has 3 unspecified atom stereocenters. The number of hydrogen-bond donors (Lipinski definition) is 2. The van der Waals surface area contributed by atoms with Crippen molar-refractivity contribution in [2.45, 2.75) is 44.2 Å². The summed E-state index contributed by atoms with van der Waals surface area (Å²) in [7, 11) is 0. The fraction of sp³-hybridized carbons (Fsp3) is 0.588. The summed E-state index contributed by atoms with van der Waals surface area (Å²) in [4.78, 5) is 14.3. The Labute approximate surface area is 130 Å². The summed E-state index contributed by atoms with van der Waals surface area (Å²) in [5.74, 6) is -0.546. The van der Waals surface area contributed by atoms with E-state index in [4.69, 9.17) is 0 Å². The standard InChI is InChI=1S/C17H23FN2O2/c18-14-7-1-2-8-15(14)20-10-4-5-12(11-20)19-17(22)13-6-3-9-16(13)21/h1-2,7-8,12-13,16,21H,3-6,9-11H2,(H,19,22). The summed E-state index contributed by atoms with van der Waals surface area (Å²) in [6.07, 6.45) is 3.70. The lowest BCUT2D eigenvalue weighted by atomic mass is 10.0. The molecule has 1 amide bonds. The number of benzene rings is 1. The number of amides is 1. The molecule has 1 heterocycles. The van der Waals surface area contributed by atoms with Crippen LogP contribution in [0.5, 0.6) is 0 Å². The van der Waals surface area contributed by atoms with Gasteiger partial charge in [-0.3, -0.25) is 4.79 Å². The number of aliphatic hydroxyl groups is 1. The van der Waals surface area contributed by atoms with E-state index in [9.17, 15) is 14.3 Å². The van der Waals surface area contributed by atoms with Gasteiger partial charge < -0.3 is 15.3 Å². The molecule has 1 saturated heterocycles. The molecule has 2 aliphatic rings. The lowest BCUT2D eigenvalue weighted by Gasteiger charge is -2.35. The molecule has 0 aromatic heterocycles. The minimum Gasteiger partial charge on any atom is -0.392 e. The summed E-state index contributed by atoms with van der Waals surface area (Å²) in [5, 5.41) is 12.9. The summed E-state index contributed by atoms with van der Waals surface area (Å²) < 4.78 is 13.9. The Morgan fingerprint density at radius 2 is 2.05 bits per heavy atom. The normalized spacial score (nSPS) is 28.6. The van der Waals surface area contributed by atoms with Gasteiger partial charge >= 0.3 is 0 Å². The first-order valence-corrected chi connectivity index (χ1v) is 8.13. The van der Waals surface area contributed by atoms with Crippen LogP contribution in [0.1, 0.15) is 32.1 Å². The van der Waals surface area contributed by atoms with E-state index >= 15 is 0 Å². The second-order valence-corrected chi connectivity index (χ2v) is 6.35. The molecule has 2 N–H and O–H groups in total. The van der Waals surface area contributed by atoms with Crippen molar-refractivity contribution in [2.24, 2.45) is 5.92 Å². The lowest BCUT2D eigenvalue weighted by Crippen LogP contribution is -2.50. The molecule has 22 heavy (non-hydrogen) atoms. The van der Waals surface area contributed by atoms with Crippen molar-refractivity contribution < 1.29 is 14.3 Å². The van der Waals surface area contributed by atoms with Crippen molar-refractivity contribution in [3.05, 3.63) is 30.1 Å². The van der Waals surface area contributed by atoms with E-state index < -0.39 is 6.10 Å². The van der Waals surface area contributed by atoms with Crippen LogP contribution in [0.2, 0.25) is 0 Å². The van der Waals surface area contributed by atoms with E-state index in [0.717, 1.165) is 32.2 Å². The van der Waals surface area contributed by atoms with Gasteiger partial charge in [0.1, 0.15) is 5.82 Å². The predicted octanol–water partition coefficient (Wildman–Crippen LogP) is 2.07. The minimum atomic E-state index is -0.508. The molecule has 0 spiro atoms. The van der Waals surface area contributed by atoms with Gasteiger partial charge in [0.25, 0.3) is 0 Å². The highest BCUT2D eigenvalue weighted by Crippen LogP contribution is 2.27. The number of hydrogen-bond acceptors (Lipinski definition) is 3. The van der Waals surface area contributed by atoms with Crippen molar-refractivity contribution in [3.63, 3.8) is 0 Å². The Morgan fingerprint density at radius 3 is 2.77 bits per heavy atom. The molecule has 1 aromatic rings. The van der Waals surface area contributed by atoms with Crippen molar-refractivity contribution in [3.8, 4) is 0 Å². The maximum absolute atomic E-state index is 13.9. The summed E-state index contributed by atoms with van der Waals surface area (Å²) in [6, 6.07) is 6.78. The third kappa shape index (κ3) is 3.24. The van der Waals surface area contributed by atoms with Gasteiger partial charge in [0, 0.05) is 19.1 Å². The molecular formula is C17H23FN2O2. The van der Waals surface area contributed by atoms with Gasteiger partial charge in [-0.25, -0.2) is 4.39 Å². The zero-order valence-electron chi connectivity index (χ0n) is 12.7. The van der Waals surface area contributed by atoms with Crippen LogP contribution in [0.25, 0.3) is 0 Å². The lowest BCUT2D eigenvalue weighted by molar-refractivity contribution is -0.128. The van der Waals surface area contributed by atoms with Crippen LogP contribution >= 0.6 is 0 Å². The molecule has 0 radical (unpaired) electrons. The average Bonchev–Trinajstić information content (AvgIpc) is 2.94. The van der Waals surface area contributed by atoms with Crippen molar-refractivity contribution in [1.29, 1.82) is 0 Å². The maximum atomic E-state index is 13.9. The van der Waals surface area contributed by atoms with E-state index in [0.29, 0.717) is 18.7 Å². The second-order valence-electron chi connectivity index (χ2n) is 6.35. The van der Waals surface area contributed by atoms with Crippen LogP contribution in [0.15, 0.2) is 24.3 Å². The van der Waals surface area contributed by atoms with Crippen molar-refractivity contribution in [1.82, 2.24) is 5.32 Å². The Morgan fingerprint density at radius 1 is 1.23 bits per heavy atom. The first-order chi connectivity index (χ1) is 10.6. The van der Waals surface area contributed by atoms with Crippen LogP contribution in [0, 0.1) is 11.7 Å². The molecule has 2 fully saturated rings. The Kier molecular flexibility index (Phi) is 4.62. The molecule has 3 atom stereocenters. The number of para-hydroxylation sites is 1. The second kappa shape index (κ2) is 6.65. The third-order valence-corrected chi connectivity index (χ3v) is 4.78. The van der Waals surface area contributed by atoms with Crippen molar-refractivity contribution >= 4 is 11.6 Å². The van der Waals surface area contributed by atoms with Gasteiger partial charge in [0.05, 0.1) is 17.7 Å². The van der Waals surface area contributed by atoms with Gasteiger partial charge in [0.2, 0.25) is 5.91 Å². The van der Waals surface area contributed by atoms with Crippen LogP contribution in [0.3, 0.4) is 0 Å². The van der Waals surface area contributed by atoms with Gasteiger partial charge in [-0.05, 0) is 44.2 Å². The monoisotopic (exact) mass is 306 g/mol. The largest absolute Gasteiger partial charge is 0.392 e. The van der Waals surface area contributed by atoms with E-state index in [1.54, 1.807) is 12.1 Å². The molecule has 120 valence electrons. The molecule has 1 saturated carbocycles. The van der Waals surface area contributed by atoms with Gasteiger partial charge in [0.15, 0.2) is 0 Å². The van der Waals surface area contributed by atoms with Crippen LogP contribution < -0.4 is 10.2 Å². The number of aliphatic hydroxyl groups excluding tert-OH is 1. The Balaban J connectivity index is 1.61. The number of nitrogens with one attached hydrogen (secondary N) is 1. The number of nitrogens with zero attached hydrogens (tertiary/aromatic N) is 1. The molecular weight excluding hydrogens is 283 g/mol. The summed E-state index contributed by atoms with van der Waals surface area (Å²) >= 11 is 0. The van der Waals surface area contributed by atoms with Crippen LogP contribution in [-0.4, -0.2) is 36.2 Å². The fourth-order valence-corrected chi connectivity index (χ4v) is 3.58. The highest BCUT2D eigenvalue weighted by molar-refractivity contribution is 5.80. The predicted molar refractivity (Wildman–Crippen MR) is 83.1 cm³/mol. The smallest absolute Gasteiger partial charge is 0.225 e. The number of carbonyl (C=O) groups excluding carboxylic acids is 1. The fourth-order valence-electron chi connectivity index (χ4n) is 3.58. The average molecular weight is 306 g/mol. The van der Waals surface area contributed by atoms with Crippen molar-refractivity contribution in [2.75, 3.05) is 18.0 Å². The first kappa shape index (κ1) is 15.3. The SMILES string of the molecule is O=C(NC1CCCN(c2ccccc2F)C1)C1CCCC1O. The van der Waals surface area contributed by atoms with Crippen LogP contribution in [-0.2, 0) is 4.79 Å². The summed E-state index contributed by atoms with van der Waals surface area (Å²) in [5.41, 5.74) is 0.599. The summed E-state index contributed by atoms with van der Waals surface area (Å²) in [6.45, 7) is 1.43. The topological polar surface area (TPSA) is 52.6 Å². The number of halogens is 1. The highest BCUT2D eigenvalue weighted by atomic mass is 19.1. The quantitative estimate of drug-likeness (QED) is 0.899. The molecule has 1 aliphatic carbocycles. The molecule has 1 aliphatic heterocycles. The first-order valence-electron chi connectivity index (χ1n) is 8.13. The molecule has 3 rings (SSSR count). The van der Waals surface area contributed by atoms with E-state index in [1.807, 2.05) is 11.0 Å². The minimum absolute atomic E-state index is 0.0219. The third-order valence-electron chi connectivity index (χ3n) is 4.78. The van der Waals surface area contributed by atoms with E-state index in [2.05, 4.69) is 5.32 Å². The van der Waals surface area contributed by atoms with Gasteiger partial charge in [-0.2, -0.15) is 0 Å². The Hall–Kier alpha value is -1.62. The highest BCUT2D eigenvalue weighted by Gasteiger charge is 2.33. The molecule has 5 heteroatoms. The number of rotatable bonds is 3. The van der Waals surface area contributed by atoms with Crippen LogP contribution in [0.4, 0.5) is 10.1 Å². The van der Waals surface area contributed by atoms with Gasteiger partial charge in [-0.1, -0.05) is 12.1 Å². The zero-order valence-corrected chi connectivity index (χ0v) is 12.7. The number of carbonyl (C=O) groups is 1. The van der Waals surface area contributed by atoms with E-state index in [1.165, 1.54) is 6.07 Å².